The largest absolute Gasteiger partial charge is 0.321 e. The number of hydrogen-bond acceptors (Lipinski definition) is 3. The standard InChI is InChI=1S/C9H9BrN4/c10-7-4-13-8-12-3-6(5-14(7)8)9(11)1-2-9/h3-5H,1-2,11H2. The van der Waals surface area contributed by atoms with Crippen LogP contribution in [0.1, 0.15) is 18.4 Å². The lowest BCUT2D eigenvalue weighted by molar-refractivity contribution is 0.725. The van der Waals surface area contributed by atoms with Gasteiger partial charge in [0.1, 0.15) is 4.60 Å². The summed E-state index contributed by atoms with van der Waals surface area (Å²) in [6.45, 7) is 0. The number of halogens is 1. The van der Waals surface area contributed by atoms with Gasteiger partial charge in [-0.3, -0.25) is 4.40 Å². The lowest BCUT2D eigenvalue weighted by Crippen LogP contribution is -2.19. The van der Waals surface area contributed by atoms with Crippen LogP contribution in [-0.2, 0) is 5.54 Å². The number of nitrogens with two attached hydrogens (primary N) is 1. The average molecular weight is 253 g/mol. The highest BCUT2D eigenvalue weighted by Gasteiger charge is 2.40. The Bertz CT molecular complexity index is 500. The van der Waals surface area contributed by atoms with Gasteiger partial charge in [0, 0.05) is 23.5 Å². The third-order valence-corrected chi connectivity index (χ3v) is 3.27. The highest BCUT2D eigenvalue weighted by Crippen LogP contribution is 2.42. The Morgan fingerprint density at radius 2 is 2.07 bits per heavy atom. The zero-order chi connectivity index (χ0) is 9.76. The van der Waals surface area contributed by atoms with Crippen molar-refractivity contribution in [3.63, 3.8) is 0 Å². The minimum Gasteiger partial charge on any atom is -0.321 e. The van der Waals surface area contributed by atoms with E-state index in [4.69, 9.17) is 5.73 Å². The summed E-state index contributed by atoms with van der Waals surface area (Å²) in [6.07, 6.45) is 7.66. The van der Waals surface area contributed by atoms with Crippen molar-refractivity contribution in [1.82, 2.24) is 14.4 Å². The summed E-state index contributed by atoms with van der Waals surface area (Å²) in [7, 11) is 0. The average Bonchev–Trinajstić information content (AvgIpc) is 2.84. The molecule has 72 valence electrons. The molecular formula is C9H9BrN4. The molecule has 0 saturated heterocycles. The van der Waals surface area contributed by atoms with Gasteiger partial charge in [-0.15, -0.1) is 0 Å². The minimum atomic E-state index is -0.134. The molecule has 0 radical (unpaired) electrons. The first-order chi connectivity index (χ1) is 6.69. The highest BCUT2D eigenvalue weighted by molar-refractivity contribution is 9.10. The van der Waals surface area contributed by atoms with Gasteiger partial charge in [0.25, 0.3) is 0 Å². The molecule has 2 aromatic heterocycles. The molecule has 3 rings (SSSR count). The van der Waals surface area contributed by atoms with Gasteiger partial charge < -0.3 is 5.73 Å². The molecule has 2 aromatic rings. The summed E-state index contributed by atoms with van der Waals surface area (Å²) >= 11 is 3.41. The van der Waals surface area contributed by atoms with Crippen molar-refractivity contribution in [3.8, 4) is 0 Å². The van der Waals surface area contributed by atoms with Crippen LogP contribution >= 0.6 is 15.9 Å². The summed E-state index contributed by atoms with van der Waals surface area (Å²) in [5.74, 6) is 0.699. The van der Waals surface area contributed by atoms with Gasteiger partial charge in [0.05, 0.1) is 6.20 Å². The Kier molecular flexibility index (Phi) is 1.52. The summed E-state index contributed by atoms with van der Waals surface area (Å²) in [6, 6.07) is 0. The molecule has 1 saturated carbocycles. The van der Waals surface area contributed by atoms with Crippen LogP contribution < -0.4 is 5.73 Å². The molecule has 2 N–H and O–H groups in total. The van der Waals surface area contributed by atoms with Crippen molar-refractivity contribution < 1.29 is 0 Å². The molecule has 0 aromatic carbocycles. The number of aromatic nitrogens is 3. The van der Waals surface area contributed by atoms with Crippen LogP contribution in [0, 0.1) is 0 Å². The number of imidazole rings is 1. The quantitative estimate of drug-likeness (QED) is 0.836. The van der Waals surface area contributed by atoms with Gasteiger partial charge in [0.2, 0.25) is 5.78 Å². The fourth-order valence-corrected chi connectivity index (χ4v) is 1.89. The summed E-state index contributed by atoms with van der Waals surface area (Å²) in [5, 5.41) is 0. The fraction of sp³-hybridized carbons (Fsp3) is 0.333. The van der Waals surface area contributed by atoms with Gasteiger partial charge >= 0.3 is 0 Å². The third kappa shape index (κ3) is 1.09. The van der Waals surface area contributed by atoms with Crippen LogP contribution in [0.4, 0.5) is 0 Å². The summed E-state index contributed by atoms with van der Waals surface area (Å²) in [5.41, 5.74) is 7.04. The van der Waals surface area contributed by atoms with Crippen LogP contribution in [0.3, 0.4) is 0 Å². The van der Waals surface area contributed by atoms with Crippen LogP contribution in [0.5, 0.6) is 0 Å². The Morgan fingerprint density at radius 3 is 2.79 bits per heavy atom. The SMILES string of the molecule is NC1(c2cnc3ncc(Br)n3c2)CC1. The molecule has 0 atom stereocenters. The highest BCUT2D eigenvalue weighted by atomic mass is 79.9. The van der Waals surface area contributed by atoms with E-state index >= 15 is 0 Å². The van der Waals surface area contributed by atoms with E-state index in [1.54, 1.807) is 6.20 Å². The summed E-state index contributed by atoms with van der Waals surface area (Å²) < 4.78 is 2.81. The van der Waals surface area contributed by atoms with E-state index < -0.39 is 0 Å². The van der Waals surface area contributed by atoms with E-state index in [0.29, 0.717) is 5.78 Å². The second-order valence-electron chi connectivity index (χ2n) is 3.75. The molecule has 5 heteroatoms. The molecule has 0 unspecified atom stereocenters. The van der Waals surface area contributed by atoms with Crippen molar-refractivity contribution in [3.05, 3.63) is 28.8 Å². The van der Waals surface area contributed by atoms with Gasteiger partial charge in [-0.2, -0.15) is 0 Å². The predicted octanol–water partition coefficient (Wildman–Crippen LogP) is 1.44. The van der Waals surface area contributed by atoms with Crippen molar-refractivity contribution in [2.75, 3.05) is 0 Å². The van der Waals surface area contributed by atoms with Crippen LogP contribution in [-0.4, -0.2) is 14.4 Å². The van der Waals surface area contributed by atoms with E-state index in [1.807, 2.05) is 16.8 Å². The molecule has 4 nitrogen and oxygen atoms in total. The fourth-order valence-electron chi connectivity index (χ4n) is 1.53. The van der Waals surface area contributed by atoms with E-state index in [0.717, 1.165) is 23.0 Å². The zero-order valence-corrected chi connectivity index (χ0v) is 9.03. The molecule has 1 fully saturated rings. The number of nitrogens with zero attached hydrogens (tertiary/aromatic N) is 3. The maximum Gasteiger partial charge on any atom is 0.234 e. The zero-order valence-electron chi connectivity index (χ0n) is 7.44. The normalized spacial score (nSPS) is 18.7. The molecule has 0 amide bonds. The number of fused-ring (bicyclic) bond motifs is 1. The van der Waals surface area contributed by atoms with E-state index in [2.05, 4.69) is 25.9 Å². The predicted molar refractivity (Wildman–Crippen MR) is 55.8 cm³/mol. The van der Waals surface area contributed by atoms with Crippen LogP contribution in [0.25, 0.3) is 5.78 Å². The second kappa shape index (κ2) is 2.55. The molecule has 0 bridgehead atoms. The molecular weight excluding hydrogens is 244 g/mol. The summed E-state index contributed by atoms with van der Waals surface area (Å²) in [4.78, 5) is 8.38. The maximum atomic E-state index is 6.09. The monoisotopic (exact) mass is 252 g/mol. The van der Waals surface area contributed by atoms with Crippen molar-refractivity contribution in [1.29, 1.82) is 0 Å². The lowest BCUT2D eigenvalue weighted by atomic mass is 10.1. The first-order valence-corrected chi connectivity index (χ1v) is 5.26. The number of rotatable bonds is 1. The third-order valence-electron chi connectivity index (χ3n) is 2.68. The van der Waals surface area contributed by atoms with E-state index in [1.165, 1.54) is 0 Å². The Balaban J connectivity index is 2.23. The molecule has 1 aliphatic rings. The van der Waals surface area contributed by atoms with Gasteiger partial charge in [-0.25, -0.2) is 9.97 Å². The first-order valence-electron chi connectivity index (χ1n) is 4.47. The van der Waals surface area contributed by atoms with E-state index in [-0.39, 0.29) is 5.54 Å². The maximum absolute atomic E-state index is 6.09. The molecule has 1 aliphatic carbocycles. The molecule has 0 spiro atoms. The second-order valence-corrected chi connectivity index (χ2v) is 4.56. The Morgan fingerprint density at radius 1 is 1.36 bits per heavy atom. The van der Waals surface area contributed by atoms with Crippen molar-refractivity contribution >= 4 is 21.7 Å². The first kappa shape index (κ1) is 8.38. The van der Waals surface area contributed by atoms with Crippen molar-refractivity contribution in [2.24, 2.45) is 5.73 Å². The van der Waals surface area contributed by atoms with Crippen molar-refractivity contribution in [2.45, 2.75) is 18.4 Å². The van der Waals surface area contributed by atoms with E-state index in [9.17, 15) is 0 Å². The van der Waals surface area contributed by atoms with Gasteiger partial charge in [-0.05, 0) is 28.8 Å². The number of hydrogen-bond donors (Lipinski definition) is 1. The molecule has 2 heterocycles. The van der Waals surface area contributed by atoms with Gasteiger partial charge in [-0.1, -0.05) is 0 Å². The lowest BCUT2D eigenvalue weighted by Gasteiger charge is -2.08. The Labute approximate surface area is 89.3 Å². The molecule has 0 aliphatic heterocycles. The smallest absolute Gasteiger partial charge is 0.234 e. The van der Waals surface area contributed by atoms with Gasteiger partial charge in [0.15, 0.2) is 0 Å². The molecule has 14 heavy (non-hydrogen) atoms. The topological polar surface area (TPSA) is 56.2 Å². The Hall–Kier alpha value is -0.940. The minimum absolute atomic E-state index is 0.134. The van der Waals surface area contributed by atoms with Crippen LogP contribution in [0.15, 0.2) is 23.2 Å². The van der Waals surface area contributed by atoms with Crippen LogP contribution in [0.2, 0.25) is 0 Å².